The summed E-state index contributed by atoms with van der Waals surface area (Å²) in [6.07, 6.45) is 2.19. The first-order valence-corrected chi connectivity index (χ1v) is 7.56. The van der Waals surface area contributed by atoms with E-state index < -0.39 is 0 Å². The van der Waals surface area contributed by atoms with Crippen LogP contribution in [-0.4, -0.2) is 11.1 Å². The van der Waals surface area contributed by atoms with Gasteiger partial charge >= 0.3 is 0 Å². The Balaban J connectivity index is 1.99. The van der Waals surface area contributed by atoms with Crippen LogP contribution in [0.5, 0.6) is 0 Å². The normalized spacial score (nSPS) is 11.2. The molecular formula is C16H18N2S. The number of para-hydroxylation sites is 1. The van der Waals surface area contributed by atoms with E-state index in [0.717, 1.165) is 19.6 Å². The predicted octanol–water partition coefficient (Wildman–Crippen LogP) is 3.86. The molecule has 0 bridgehead atoms. The summed E-state index contributed by atoms with van der Waals surface area (Å²) < 4.78 is 2.36. The van der Waals surface area contributed by atoms with Crippen LogP contribution in [0.25, 0.3) is 10.9 Å². The molecular weight excluding hydrogens is 252 g/mol. The van der Waals surface area contributed by atoms with E-state index in [-0.39, 0.29) is 0 Å². The van der Waals surface area contributed by atoms with Gasteiger partial charge in [-0.3, -0.25) is 0 Å². The largest absolute Gasteiger partial charge is 0.342 e. The highest BCUT2D eigenvalue weighted by Gasteiger charge is 2.07. The standard InChI is InChI=1S/C16H18N2S/c1-2-17-11-14-6-3-5-13-8-9-18(16(13)14)12-15-7-4-10-19-15/h3-10,17H,2,11-12H2,1H3. The molecule has 0 saturated heterocycles. The van der Waals surface area contributed by atoms with E-state index in [4.69, 9.17) is 0 Å². The van der Waals surface area contributed by atoms with Gasteiger partial charge in [-0.25, -0.2) is 0 Å². The molecule has 0 aliphatic heterocycles. The molecule has 1 aromatic carbocycles. The Kier molecular flexibility index (Phi) is 3.67. The Morgan fingerprint density at radius 3 is 2.89 bits per heavy atom. The SMILES string of the molecule is CCNCc1cccc2ccn(Cc3cccs3)c12. The van der Waals surface area contributed by atoms with Gasteiger partial charge in [0.1, 0.15) is 0 Å². The fraction of sp³-hybridized carbons (Fsp3) is 0.250. The Morgan fingerprint density at radius 1 is 1.16 bits per heavy atom. The number of nitrogens with one attached hydrogen (secondary N) is 1. The minimum absolute atomic E-state index is 0.933. The third-order valence-electron chi connectivity index (χ3n) is 3.34. The Bertz CT molecular complexity index is 653. The highest BCUT2D eigenvalue weighted by molar-refractivity contribution is 7.09. The van der Waals surface area contributed by atoms with Gasteiger partial charge < -0.3 is 9.88 Å². The first kappa shape index (κ1) is 12.5. The van der Waals surface area contributed by atoms with Gasteiger partial charge in [0.15, 0.2) is 0 Å². The van der Waals surface area contributed by atoms with Crippen LogP contribution < -0.4 is 5.32 Å². The molecule has 0 atom stereocenters. The number of thiophene rings is 1. The lowest BCUT2D eigenvalue weighted by Crippen LogP contribution is -2.12. The molecule has 0 aliphatic rings. The second-order valence-corrected chi connectivity index (χ2v) is 5.69. The molecule has 2 aromatic heterocycles. The van der Waals surface area contributed by atoms with Crippen LogP contribution in [0.15, 0.2) is 48.0 Å². The summed E-state index contributed by atoms with van der Waals surface area (Å²) in [6, 6.07) is 13.1. The highest BCUT2D eigenvalue weighted by Crippen LogP contribution is 2.22. The van der Waals surface area contributed by atoms with Gasteiger partial charge in [-0.15, -0.1) is 11.3 Å². The van der Waals surface area contributed by atoms with E-state index >= 15 is 0 Å². The second-order valence-electron chi connectivity index (χ2n) is 4.66. The molecule has 1 N–H and O–H groups in total. The Labute approximate surface area is 117 Å². The van der Waals surface area contributed by atoms with Crippen molar-refractivity contribution in [3.05, 3.63) is 58.4 Å². The van der Waals surface area contributed by atoms with Crippen molar-refractivity contribution in [3.8, 4) is 0 Å². The van der Waals surface area contributed by atoms with Gasteiger partial charge in [0.2, 0.25) is 0 Å². The van der Waals surface area contributed by atoms with Crippen LogP contribution in [0.2, 0.25) is 0 Å². The van der Waals surface area contributed by atoms with E-state index in [9.17, 15) is 0 Å². The molecule has 0 fully saturated rings. The van der Waals surface area contributed by atoms with Crippen molar-refractivity contribution < 1.29 is 0 Å². The van der Waals surface area contributed by atoms with Crippen LogP contribution >= 0.6 is 11.3 Å². The van der Waals surface area contributed by atoms with E-state index in [1.165, 1.54) is 21.3 Å². The molecule has 3 heteroatoms. The fourth-order valence-corrected chi connectivity index (χ4v) is 3.15. The summed E-state index contributed by atoms with van der Waals surface area (Å²) in [5, 5.41) is 6.89. The lowest BCUT2D eigenvalue weighted by molar-refractivity contribution is 0.724. The van der Waals surface area contributed by atoms with Crippen molar-refractivity contribution in [2.45, 2.75) is 20.0 Å². The van der Waals surface area contributed by atoms with Crippen molar-refractivity contribution in [2.75, 3.05) is 6.54 Å². The van der Waals surface area contributed by atoms with Gasteiger partial charge in [-0.05, 0) is 35.0 Å². The van der Waals surface area contributed by atoms with Crippen LogP contribution in [0.1, 0.15) is 17.4 Å². The van der Waals surface area contributed by atoms with E-state index in [1.807, 2.05) is 11.3 Å². The second kappa shape index (κ2) is 5.59. The average Bonchev–Trinajstić information content (AvgIpc) is 3.07. The molecule has 0 saturated carbocycles. The Morgan fingerprint density at radius 2 is 2.11 bits per heavy atom. The smallest absolute Gasteiger partial charge is 0.0569 e. The third-order valence-corrected chi connectivity index (χ3v) is 4.20. The fourth-order valence-electron chi connectivity index (χ4n) is 2.45. The van der Waals surface area contributed by atoms with E-state index in [0.29, 0.717) is 0 Å². The maximum Gasteiger partial charge on any atom is 0.0569 e. The lowest BCUT2D eigenvalue weighted by atomic mass is 10.1. The molecule has 3 rings (SSSR count). The first-order valence-electron chi connectivity index (χ1n) is 6.68. The summed E-state index contributed by atoms with van der Waals surface area (Å²) in [7, 11) is 0. The summed E-state index contributed by atoms with van der Waals surface area (Å²) in [5.74, 6) is 0. The molecule has 0 radical (unpaired) electrons. The lowest BCUT2D eigenvalue weighted by Gasteiger charge is -2.09. The van der Waals surface area contributed by atoms with Crippen molar-refractivity contribution >= 4 is 22.2 Å². The quantitative estimate of drug-likeness (QED) is 0.745. The molecule has 19 heavy (non-hydrogen) atoms. The molecule has 0 spiro atoms. The summed E-state index contributed by atoms with van der Waals surface area (Å²) >= 11 is 1.82. The molecule has 0 unspecified atom stereocenters. The average molecular weight is 270 g/mol. The first-order chi connectivity index (χ1) is 9.38. The van der Waals surface area contributed by atoms with Crippen LogP contribution in [0, 0.1) is 0 Å². The van der Waals surface area contributed by atoms with Crippen molar-refractivity contribution in [3.63, 3.8) is 0 Å². The number of aromatic nitrogens is 1. The summed E-state index contributed by atoms with van der Waals surface area (Å²) in [6.45, 7) is 5.04. The maximum atomic E-state index is 3.42. The summed E-state index contributed by atoms with van der Waals surface area (Å²) in [5.41, 5.74) is 2.73. The topological polar surface area (TPSA) is 17.0 Å². The number of nitrogens with zero attached hydrogens (tertiary/aromatic N) is 1. The predicted molar refractivity (Wildman–Crippen MR) is 82.7 cm³/mol. The van der Waals surface area contributed by atoms with Crippen LogP contribution in [-0.2, 0) is 13.1 Å². The number of benzene rings is 1. The zero-order valence-corrected chi connectivity index (χ0v) is 11.9. The number of fused-ring (bicyclic) bond motifs is 1. The van der Waals surface area contributed by atoms with Crippen molar-refractivity contribution in [2.24, 2.45) is 0 Å². The monoisotopic (exact) mass is 270 g/mol. The van der Waals surface area contributed by atoms with E-state index in [2.05, 4.69) is 64.8 Å². The molecule has 0 aliphatic carbocycles. The van der Waals surface area contributed by atoms with Crippen LogP contribution in [0.4, 0.5) is 0 Å². The number of hydrogen-bond donors (Lipinski definition) is 1. The van der Waals surface area contributed by atoms with Gasteiger partial charge in [0, 0.05) is 17.6 Å². The van der Waals surface area contributed by atoms with Crippen LogP contribution in [0.3, 0.4) is 0 Å². The third kappa shape index (κ3) is 2.57. The zero-order valence-electron chi connectivity index (χ0n) is 11.1. The molecule has 2 nitrogen and oxygen atoms in total. The van der Waals surface area contributed by atoms with Gasteiger partial charge in [-0.1, -0.05) is 31.2 Å². The minimum atomic E-state index is 0.933. The molecule has 98 valence electrons. The minimum Gasteiger partial charge on any atom is -0.342 e. The van der Waals surface area contributed by atoms with Gasteiger partial charge in [0.25, 0.3) is 0 Å². The van der Waals surface area contributed by atoms with E-state index in [1.54, 1.807) is 0 Å². The Hall–Kier alpha value is -1.58. The molecule has 0 amide bonds. The highest BCUT2D eigenvalue weighted by atomic mass is 32.1. The van der Waals surface area contributed by atoms with Crippen molar-refractivity contribution in [1.82, 2.24) is 9.88 Å². The number of hydrogen-bond acceptors (Lipinski definition) is 2. The zero-order chi connectivity index (χ0) is 13.1. The van der Waals surface area contributed by atoms with Gasteiger partial charge in [-0.2, -0.15) is 0 Å². The maximum absolute atomic E-state index is 3.42. The number of rotatable bonds is 5. The molecule has 3 aromatic rings. The van der Waals surface area contributed by atoms with Crippen molar-refractivity contribution in [1.29, 1.82) is 0 Å². The van der Waals surface area contributed by atoms with Gasteiger partial charge in [0.05, 0.1) is 12.1 Å². The summed E-state index contributed by atoms with van der Waals surface area (Å²) in [4.78, 5) is 1.40. The molecule has 2 heterocycles.